The fraction of sp³-hybridized carbons (Fsp3) is 0.0667. The standard InChI is InChI=1S/C15H11N5S2/c1-9-3-2-6-16-14(9)18-15-17-13(8-21-15)10-4-5-11-12(7-10)20-22-19-11/h2-8H,1H3,(H,16,17,18). The van der Waals surface area contributed by atoms with Crippen LogP contribution in [0, 0.1) is 6.92 Å². The highest BCUT2D eigenvalue weighted by Crippen LogP contribution is 2.29. The molecule has 0 bridgehead atoms. The fourth-order valence-electron chi connectivity index (χ4n) is 2.12. The summed E-state index contributed by atoms with van der Waals surface area (Å²) in [5.41, 5.74) is 4.89. The molecule has 0 atom stereocenters. The molecule has 108 valence electrons. The first-order valence-corrected chi connectivity index (χ1v) is 8.27. The lowest BCUT2D eigenvalue weighted by atomic mass is 10.1. The van der Waals surface area contributed by atoms with Gasteiger partial charge in [-0.3, -0.25) is 0 Å². The van der Waals surface area contributed by atoms with Crippen molar-refractivity contribution in [1.82, 2.24) is 18.7 Å². The lowest BCUT2D eigenvalue weighted by Crippen LogP contribution is -1.95. The first-order valence-electron chi connectivity index (χ1n) is 6.66. The Hall–Kier alpha value is -2.38. The van der Waals surface area contributed by atoms with Crippen molar-refractivity contribution in [3.8, 4) is 11.3 Å². The molecule has 0 amide bonds. The molecule has 0 spiro atoms. The largest absolute Gasteiger partial charge is 0.316 e. The van der Waals surface area contributed by atoms with E-state index in [4.69, 9.17) is 0 Å². The lowest BCUT2D eigenvalue weighted by molar-refractivity contribution is 1.24. The fourth-order valence-corrected chi connectivity index (χ4v) is 3.36. The van der Waals surface area contributed by atoms with Gasteiger partial charge in [0.15, 0.2) is 5.13 Å². The van der Waals surface area contributed by atoms with Crippen molar-refractivity contribution in [2.45, 2.75) is 6.92 Å². The lowest BCUT2D eigenvalue weighted by Gasteiger charge is -2.04. The predicted octanol–water partition coefficient (Wildman–Crippen LogP) is 4.26. The molecule has 22 heavy (non-hydrogen) atoms. The van der Waals surface area contributed by atoms with Crippen LogP contribution in [0.3, 0.4) is 0 Å². The SMILES string of the molecule is Cc1cccnc1Nc1nc(-c2ccc3nsnc3c2)cs1. The Morgan fingerprint density at radius 3 is 2.91 bits per heavy atom. The van der Waals surface area contributed by atoms with Crippen LogP contribution in [-0.4, -0.2) is 18.7 Å². The van der Waals surface area contributed by atoms with Gasteiger partial charge in [0.1, 0.15) is 16.9 Å². The van der Waals surface area contributed by atoms with Crippen LogP contribution in [0.25, 0.3) is 22.3 Å². The average molecular weight is 325 g/mol. The van der Waals surface area contributed by atoms with Crippen LogP contribution in [-0.2, 0) is 0 Å². The second-order valence-electron chi connectivity index (χ2n) is 4.80. The van der Waals surface area contributed by atoms with Gasteiger partial charge in [-0.25, -0.2) is 9.97 Å². The van der Waals surface area contributed by atoms with Gasteiger partial charge in [0.2, 0.25) is 0 Å². The van der Waals surface area contributed by atoms with E-state index in [-0.39, 0.29) is 0 Å². The van der Waals surface area contributed by atoms with Crippen LogP contribution in [0.2, 0.25) is 0 Å². The molecular formula is C15H11N5S2. The summed E-state index contributed by atoms with van der Waals surface area (Å²) in [6.07, 6.45) is 1.77. The number of hydrogen-bond donors (Lipinski definition) is 1. The molecular weight excluding hydrogens is 314 g/mol. The number of hydrogen-bond acceptors (Lipinski definition) is 7. The molecule has 0 saturated carbocycles. The minimum absolute atomic E-state index is 0.827. The summed E-state index contributed by atoms with van der Waals surface area (Å²) in [5.74, 6) is 0.836. The van der Waals surface area contributed by atoms with Gasteiger partial charge in [0, 0.05) is 17.1 Å². The Labute approximate surface area is 135 Å². The van der Waals surface area contributed by atoms with E-state index in [2.05, 4.69) is 24.0 Å². The average Bonchev–Trinajstić information content (AvgIpc) is 3.17. The maximum atomic E-state index is 4.63. The molecule has 5 nitrogen and oxygen atoms in total. The zero-order chi connectivity index (χ0) is 14.9. The number of rotatable bonds is 3. The van der Waals surface area contributed by atoms with Gasteiger partial charge in [-0.1, -0.05) is 12.1 Å². The number of fused-ring (bicyclic) bond motifs is 1. The summed E-state index contributed by atoms with van der Waals surface area (Å²) in [6, 6.07) is 9.96. The molecule has 7 heteroatoms. The van der Waals surface area contributed by atoms with Gasteiger partial charge in [-0.2, -0.15) is 8.75 Å². The van der Waals surface area contributed by atoms with E-state index in [9.17, 15) is 0 Å². The van der Waals surface area contributed by atoms with Gasteiger partial charge in [0.05, 0.1) is 17.4 Å². The second kappa shape index (κ2) is 5.43. The van der Waals surface area contributed by atoms with E-state index < -0.39 is 0 Å². The van der Waals surface area contributed by atoms with Gasteiger partial charge >= 0.3 is 0 Å². The van der Waals surface area contributed by atoms with E-state index in [1.807, 2.05) is 42.6 Å². The highest BCUT2D eigenvalue weighted by molar-refractivity contribution is 7.14. The van der Waals surface area contributed by atoms with Crippen LogP contribution in [0.1, 0.15) is 5.56 Å². The van der Waals surface area contributed by atoms with E-state index in [0.717, 1.165) is 38.8 Å². The van der Waals surface area contributed by atoms with E-state index in [1.165, 1.54) is 11.7 Å². The second-order valence-corrected chi connectivity index (χ2v) is 6.19. The summed E-state index contributed by atoms with van der Waals surface area (Å²) < 4.78 is 8.49. The van der Waals surface area contributed by atoms with Crippen LogP contribution < -0.4 is 5.32 Å². The number of nitrogens with one attached hydrogen (secondary N) is 1. The zero-order valence-electron chi connectivity index (χ0n) is 11.6. The summed E-state index contributed by atoms with van der Waals surface area (Å²) in [4.78, 5) is 8.96. The van der Waals surface area contributed by atoms with Gasteiger partial charge in [-0.05, 0) is 30.7 Å². The van der Waals surface area contributed by atoms with Crippen molar-refractivity contribution in [2.24, 2.45) is 0 Å². The summed E-state index contributed by atoms with van der Waals surface area (Å²) in [6.45, 7) is 2.02. The molecule has 0 aliphatic carbocycles. The van der Waals surface area contributed by atoms with Gasteiger partial charge in [-0.15, -0.1) is 11.3 Å². The van der Waals surface area contributed by atoms with Crippen molar-refractivity contribution >= 4 is 45.0 Å². The normalized spacial score (nSPS) is 11.0. The number of aromatic nitrogens is 4. The highest BCUT2D eigenvalue weighted by atomic mass is 32.1. The summed E-state index contributed by atoms with van der Waals surface area (Å²) in [5, 5.41) is 6.12. The third kappa shape index (κ3) is 2.44. The van der Waals surface area contributed by atoms with Crippen molar-refractivity contribution in [3.05, 3.63) is 47.5 Å². The van der Waals surface area contributed by atoms with Crippen molar-refractivity contribution in [1.29, 1.82) is 0 Å². The predicted molar refractivity (Wildman–Crippen MR) is 90.8 cm³/mol. The van der Waals surface area contributed by atoms with Crippen molar-refractivity contribution < 1.29 is 0 Å². The van der Waals surface area contributed by atoms with Gasteiger partial charge in [0.25, 0.3) is 0 Å². The number of nitrogens with zero attached hydrogens (tertiary/aromatic N) is 4. The molecule has 0 radical (unpaired) electrons. The van der Waals surface area contributed by atoms with Gasteiger partial charge < -0.3 is 5.32 Å². The number of pyridine rings is 1. The maximum absolute atomic E-state index is 4.63. The molecule has 1 N–H and O–H groups in total. The smallest absolute Gasteiger partial charge is 0.188 e. The maximum Gasteiger partial charge on any atom is 0.188 e. The first-order chi connectivity index (χ1) is 10.8. The number of benzene rings is 1. The van der Waals surface area contributed by atoms with Crippen molar-refractivity contribution in [3.63, 3.8) is 0 Å². The molecule has 4 rings (SSSR count). The Balaban J connectivity index is 1.64. The van der Waals surface area contributed by atoms with Crippen LogP contribution in [0.5, 0.6) is 0 Å². The Kier molecular flexibility index (Phi) is 3.28. The quantitative estimate of drug-likeness (QED) is 0.609. The number of anilines is 2. The molecule has 1 aromatic carbocycles. The molecule has 3 heterocycles. The molecule has 0 fully saturated rings. The Morgan fingerprint density at radius 1 is 1.09 bits per heavy atom. The number of aryl methyl sites for hydroxylation is 1. The highest BCUT2D eigenvalue weighted by Gasteiger charge is 2.08. The minimum Gasteiger partial charge on any atom is -0.316 e. The van der Waals surface area contributed by atoms with E-state index >= 15 is 0 Å². The first kappa shape index (κ1) is 13.3. The molecule has 3 aromatic heterocycles. The summed E-state index contributed by atoms with van der Waals surface area (Å²) in [7, 11) is 0. The minimum atomic E-state index is 0.827. The third-order valence-corrected chi connectivity index (χ3v) is 4.60. The topological polar surface area (TPSA) is 63.6 Å². The summed E-state index contributed by atoms with van der Waals surface area (Å²) >= 11 is 2.79. The van der Waals surface area contributed by atoms with Crippen LogP contribution in [0.4, 0.5) is 10.9 Å². The molecule has 0 aliphatic rings. The molecule has 0 aliphatic heterocycles. The Bertz CT molecular complexity index is 944. The van der Waals surface area contributed by atoms with Crippen molar-refractivity contribution in [2.75, 3.05) is 5.32 Å². The third-order valence-electron chi connectivity index (χ3n) is 3.29. The monoisotopic (exact) mass is 325 g/mol. The Morgan fingerprint density at radius 2 is 2.00 bits per heavy atom. The number of thiazole rings is 1. The molecule has 0 saturated heterocycles. The zero-order valence-corrected chi connectivity index (χ0v) is 13.3. The molecule has 4 aromatic rings. The molecule has 0 unspecified atom stereocenters. The van der Waals surface area contributed by atoms with Crippen LogP contribution in [0.15, 0.2) is 41.9 Å². The van der Waals surface area contributed by atoms with Crippen LogP contribution >= 0.6 is 23.1 Å². The van der Waals surface area contributed by atoms with E-state index in [0.29, 0.717) is 0 Å². The van der Waals surface area contributed by atoms with E-state index in [1.54, 1.807) is 17.5 Å².